The molecule has 30 heavy (non-hydrogen) atoms. The molecular weight excluding hydrogens is 374 g/mol. The first-order valence-electron chi connectivity index (χ1n) is 10.2. The molecule has 6 nitrogen and oxygen atoms in total. The lowest BCUT2D eigenvalue weighted by molar-refractivity contribution is -0.467. The van der Waals surface area contributed by atoms with Gasteiger partial charge in [0, 0.05) is 24.8 Å². The van der Waals surface area contributed by atoms with E-state index >= 15 is 0 Å². The molecule has 1 fully saturated rings. The summed E-state index contributed by atoms with van der Waals surface area (Å²) in [4.78, 5) is 8.28. The summed E-state index contributed by atoms with van der Waals surface area (Å²) in [6, 6.07) is 21.0. The minimum atomic E-state index is 0.701. The van der Waals surface area contributed by atoms with E-state index < -0.39 is 0 Å². The van der Waals surface area contributed by atoms with E-state index in [1.807, 2.05) is 31.2 Å². The number of benzene rings is 2. The molecule has 0 unspecified atom stereocenters. The van der Waals surface area contributed by atoms with E-state index in [1.54, 1.807) is 7.11 Å². The molecule has 2 aromatic carbocycles. The molecule has 150 valence electrons. The van der Waals surface area contributed by atoms with Crippen molar-refractivity contribution in [2.45, 2.75) is 6.92 Å². The summed E-state index contributed by atoms with van der Waals surface area (Å²) in [6.45, 7) is 5.73. The van der Waals surface area contributed by atoms with Gasteiger partial charge in [-0.15, -0.1) is 0 Å². The van der Waals surface area contributed by atoms with Gasteiger partial charge in [0.1, 0.15) is 28.4 Å². The van der Waals surface area contributed by atoms with Crippen molar-refractivity contribution in [1.29, 1.82) is 5.26 Å². The molecule has 1 saturated heterocycles. The van der Waals surface area contributed by atoms with Crippen LogP contribution in [-0.4, -0.2) is 38.3 Å². The lowest BCUT2D eigenvalue weighted by Crippen LogP contribution is -2.49. The van der Waals surface area contributed by atoms with Crippen molar-refractivity contribution in [2.75, 3.05) is 43.1 Å². The number of aryl methyl sites for hydroxylation is 1. The maximum atomic E-state index is 9.73. The SMILES string of the molecule is COc1ccc(N2CCN(c3cc(C)c(C#N)c4[nH]c5ccccc5[n+]34)CC2)cc1. The molecule has 0 saturated carbocycles. The number of fused-ring (bicyclic) bond motifs is 3. The lowest BCUT2D eigenvalue weighted by atomic mass is 10.1. The van der Waals surface area contributed by atoms with Gasteiger partial charge in [0.05, 0.1) is 20.2 Å². The third-order valence-corrected chi connectivity index (χ3v) is 5.98. The molecule has 1 aliphatic rings. The van der Waals surface area contributed by atoms with Gasteiger partial charge in [0.15, 0.2) is 0 Å². The second-order valence-electron chi connectivity index (χ2n) is 7.67. The molecule has 3 heterocycles. The number of imidazole rings is 1. The highest BCUT2D eigenvalue weighted by Crippen LogP contribution is 2.25. The third kappa shape index (κ3) is 2.91. The predicted octanol–water partition coefficient (Wildman–Crippen LogP) is 3.42. The molecule has 0 aliphatic carbocycles. The number of hydrogen-bond donors (Lipinski definition) is 1. The smallest absolute Gasteiger partial charge is 0.250 e. The Kier molecular flexibility index (Phi) is 4.44. The Morgan fingerprint density at radius 1 is 1.00 bits per heavy atom. The van der Waals surface area contributed by atoms with Crippen LogP contribution in [-0.2, 0) is 0 Å². The van der Waals surface area contributed by atoms with Crippen LogP contribution in [0.2, 0.25) is 0 Å². The first-order valence-corrected chi connectivity index (χ1v) is 10.2. The van der Waals surface area contributed by atoms with Crippen LogP contribution in [0.4, 0.5) is 11.5 Å². The van der Waals surface area contributed by atoms with E-state index in [0.717, 1.165) is 60.0 Å². The average molecular weight is 398 g/mol. The van der Waals surface area contributed by atoms with Crippen LogP contribution >= 0.6 is 0 Å². The minimum absolute atomic E-state index is 0.701. The Labute approximate surface area is 175 Å². The topological polar surface area (TPSA) is 59.4 Å². The summed E-state index contributed by atoms with van der Waals surface area (Å²) in [5.41, 5.74) is 5.92. The van der Waals surface area contributed by atoms with Crippen LogP contribution in [0.1, 0.15) is 11.1 Å². The first-order chi connectivity index (χ1) is 14.7. The normalized spacial score (nSPS) is 14.3. The van der Waals surface area contributed by atoms with Crippen molar-refractivity contribution >= 4 is 28.2 Å². The maximum Gasteiger partial charge on any atom is 0.250 e. The number of nitriles is 1. The van der Waals surface area contributed by atoms with E-state index in [2.05, 4.69) is 55.6 Å². The van der Waals surface area contributed by atoms with E-state index in [-0.39, 0.29) is 0 Å². The zero-order valence-corrected chi connectivity index (χ0v) is 17.2. The van der Waals surface area contributed by atoms with Crippen LogP contribution < -0.4 is 18.9 Å². The van der Waals surface area contributed by atoms with Crippen LogP contribution in [0.15, 0.2) is 54.6 Å². The minimum Gasteiger partial charge on any atom is -0.497 e. The number of aromatic nitrogens is 2. The van der Waals surface area contributed by atoms with Crippen molar-refractivity contribution in [1.82, 2.24) is 4.98 Å². The van der Waals surface area contributed by atoms with Crippen LogP contribution in [0, 0.1) is 18.3 Å². The number of methoxy groups -OCH3 is 1. The highest BCUT2D eigenvalue weighted by Gasteiger charge is 2.27. The molecule has 2 aromatic heterocycles. The molecule has 4 aromatic rings. The fourth-order valence-electron chi connectivity index (χ4n) is 4.37. The number of para-hydroxylation sites is 2. The van der Waals surface area contributed by atoms with Crippen molar-refractivity contribution in [3.8, 4) is 11.8 Å². The number of H-pyrrole nitrogens is 1. The average Bonchev–Trinajstić information content (AvgIpc) is 3.18. The van der Waals surface area contributed by atoms with Gasteiger partial charge in [-0.3, -0.25) is 9.88 Å². The number of pyridine rings is 1. The van der Waals surface area contributed by atoms with Gasteiger partial charge < -0.3 is 9.64 Å². The Morgan fingerprint density at radius 2 is 1.70 bits per heavy atom. The van der Waals surface area contributed by atoms with Gasteiger partial charge >= 0.3 is 0 Å². The quantitative estimate of drug-likeness (QED) is 0.537. The van der Waals surface area contributed by atoms with Gasteiger partial charge in [-0.05, 0) is 48.9 Å². The lowest BCUT2D eigenvalue weighted by Gasteiger charge is -2.34. The van der Waals surface area contributed by atoms with E-state index in [1.165, 1.54) is 5.69 Å². The number of anilines is 2. The molecule has 1 aliphatic heterocycles. The molecule has 0 radical (unpaired) electrons. The van der Waals surface area contributed by atoms with Crippen LogP contribution in [0.25, 0.3) is 16.7 Å². The summed E-state index contributed by atoms with van der Waals surface area (Å²) >= 11 is 0. The summed E-state index contributed by atoms with van der Waals surface area (Å²) in [5, 5.41) is 9.73. The fourth-order valence-corrected chi connectivity index (χ4v) is 4.37. The number of rotatable bonds is 3. The Balaban J connectivity index is 1.50. The van der Waals surface area contributed by atoms with Gasteiger partial charge in [-0.1, -0.05) is 12.1 Å². The number of nitrogens with one attached hydrogen (secondary N) is 1. The predicted molar refractivity (Wildman–Crippen MR) is 118 cm³/mol. The fraction of sp³-hybridized carbons (Fsp3) is 0.250. The summed E-state index contributed by atoms with van der Waals surface area (Å²) in [6.07, 6.45) is 0. The standard InChI is InChI=1S/C24H23N5O/c1-17-15-23(29-22-6-4-3-5-21(22)26-24(29)20(17)16-25)28-13-11-27(12-14-28)18-7-9-19(30-2)10-8-18/h3-10,15H,11-14H2,1-2H3/p+1. The van der Waals surface area contributed by atoms with E-state index in [4.69, 9.17) is 4.74 Å². The van der Waals surface area contributed by atoms with E-state index in [9.17, 15) is 5.26 Å². The van der Waals surface area contributed by atoms with Crippen molar-refractivity contribution in [2.24, 2.45) is 0 Å². The van der Waals surface area contributed by atoms with Crippen LogP contribution in [0.3, 0.4) is 0 Å². The van der Waals surface area contributed by atoms with Crippen LogP contribution in [0.5, 0.6) is 5.75 Å². The molecule has 0 amide bonds. The molecule has 5 rings (SSSR count). The van der Waals surface area contributed by atoms with Crippen molar-refractivity contribution in [3.63, 3.8) is 0 Å². The highest BCUT2D eigenvalue weighted by molar-refractivity contribution is 5.77. The number of hydrogen-bond acceptors (Lipinski definition) is 4. The van der Waals surface area contributed by atoms with Gasteiger partial charge in [0.25, 0.3) is 0 Å². The first kappa shape index (κ1) is 18.3. The number of piperazine rings is 1. The highest BCUT2D eigenvalue weighted by atomic mass is 16.5. The summed E-state index contributed by atoms with van der Waals surface area (Å²) < 4.78 is 7.47. The Bertz CT molecular complexity index is 1260. The molecular formula is C24H24N5O+. The number of ether oxygens (including phenoxy) is 1. The van der Waals surface area contributed by atoms with Crippen molar-refractivity contribution in [3.05, 3.63) is 65.7 Å². The van der Waals surface area contributed by atoms with Gasteiger partial charge in [-0.25, -0.2) is 0 Å². The third-order valence-electron chi connectivity index (χ3n) is 5.98. The summed E-state index contributed by atoms with van der Waals surface area (Å²) in [5.74, 6) is 2.01. The Hall–Kier alpha value is -3.72. The molecule has 6 heteroatoms. The molecule has 0 spiro atoms. The van der Waals surface area contributed by atoms with Gasteiger partial charge in [0.2, 0.25) is 11.5 Å². The van der Waals surface area contributed by atoms with Crippen molar-refractivity contribution < 1.29 is 9.14 Å². The maximum absolute atomic E-state index is 9.73. The van der Waals surface area contributed by atoms with E-state index in [0.29, 0.717) is 5.56 Å². The second kappa shape index (κ2) is 7.27. The molecule has 0 bridgehead atoms. The zero-order chi connectivity index (χ0) is 20.7. The monoisotopic (exact) mass is 398 g/mol. The Morgan fingerprint density at radius 3 is 2.40 bits per heavy atom. The second-order valence-corrected chi connectivity index (χ2v) is 7.67. The number of nitrogens with zero attached hydrogens (tertiary/aromatic N) is 4. The zero-order valence-electron chi connectivity index (χ0n) is 17.2. The molecule has 1 N–H and O–H groups in total. The largest absolute Gasteiger partial charge is 0.497 e. The van der Waals surface area contributed by atoms with Gasteiger partial charge in [-0.2, -0.15) is 9.66 Å². The summed E-state index contributed by atoms with van der Waals surface area (Å²) in [7, 11) is 1.69. The molecule has 0 atom stereocenters. The number of aromatic amines is 1.